The SMILES string of the molecule is CCOC(=O)C1(CCC2CCCC2)CO1. The first-order valence-corrected chi connectivity index (χ1v) is 6.08. The smallest absolute Gasteiger partial charge is 0.340 e. The van der Waals surface area contributed by atoms with Crippen LogP contribution in [0.5, 0.6) is 0 Å². The van der Waals surface area contributed by atoms with E-state index in [9.17, 15) is 4.79 Å². The van der Waals surface area contributed by atoms with Crippen LogP contribution >= 0.6 is 0 Å². The van der Waals surface area contributed by atoms with Crippen molar-refractivity contribution in [2.75, 3.05) is 13.2 Å². The monoisotopic (exact) mass is 212 g/mol. The van der Waals surface area contributed by atoms with Gasteiger partial charge in [0, 0.05) is 0 Å². The minimum Gasteiger partial charge on any atom is -0.464 e. The first kappa shape index (κ1) is 10.9. The molecular weight excluding hydrogens is 192 g/mol. The van der Waals surface area contributed by atoms with Gasteiger partial charge in [-0.25, -0.2) is 4.79 Å². The fourth-order valence-corrected chi connectivity index (χ4v) is 2.45. The normalized spacial score (nSPS) is 30.5. The molecule has 2 rings (SSSR count). The highest BCUT2D eigenvalue weighted by atomic mass is 16.6. The van der Waals surface area contributed by atoms with Gasteiger partial charge >= 0.3 is 5.97 Å². The third-order valence-corrected chi connectivity index (χ3v) is 3.57. The van der Waals surface area contributed by atoms with E-state index in [1.165, 1.54) is 25.7 Å². The maximum Gasteiger partial charge on any atom is 0.340 e. The van der Waals surface area contributed by atoms with Crippen molar-refractivity contribution in [2.24, 2.45) is 5.92 Å². The molecule has 1 saturated carbocycles. The fourth-order valence-electron chi connectivity index (χ4n) is 2.45. The van der Waals surface area contributed by atoms with Crippen LogP contribution in [0.4, 0.5) is 0 Å². The molecule has 0 radical (unpaired) electrons. The summed E-state index contributed by atoms with van der Waals surface area (Å²) in [6.07, 6.45) is 7.36. The van der Waals surface area contributed by atoms with Crippen molar-refractivity contribution in [3.05, 3.63) is 0 Å². The van der Waals surface area contributed by atoms with Gasteiger partial charge in [-0.1, -0.05) is 25.7 Å². The van der Waals surface area contributed by atoms with Crippen LogP contribution in [-0.4, -0.2) is 24.8 Å². The quantitative estimate of drug-likeness (QED) is 0.518. The summed E-state index contributed by atoms with van der Waals surface area (Å²) >= 11 is 0. The molecule has 0 aromatic carbocycles. The van der Waals surface area contributed by atoms with Crippen molar-refractivity contribution in [3.63, 3.8) is 0 Å². The Hall–Kier alpha value is -0.570. The van der Waals surface area contributed by atoms with Gasteiger partial charge in [-0.15, -0.1) is 0 Å². The van der Waals surface area contributed by atoms with Gasteiger partial charge in [0.2, 0.25) is 0 Å². The Labute approximate surface area is 91.1 Å². The van der Waals surface area contributed by atoms with E-state index in [2.05, 4.69) is 0 Å². The molecule has 1 unspecified atom stereocenters. The zero-order valence-electron chi connectivity index (χ0n) is 9.46. The van der Waals surface area contributed by atoms with Gasteiger partial charge in [0.25, 0.3) is 0 Å². The molecule has 1 atom stereocenters. The minimum atomic E-state index is -0.543. The van der Waals surface area contributed by atoms with Crippen LogP contribution in [0.25, 0.3) is 0 Å². The standard InChI is InChI=1S/C12H20O3/c1-2-14-11(13)12(9-15-12)8-7-10-5-3-4-6-10/h10H,2-9H2,1H3. The van der Waals surface area contributed by atoms with Crippen molar-refractivity contribution in [2.45, 2.75) is 51.0 Å². The van der Waals surface area contributed by atoms with Crippen LogP contribution < -0.4 is 0 Å². The van der Waals surface area contributed by atoms with E-state index >= 15 is 0 Å². The number of carbonyl (C=O) groups excluding carboxylic acids is 1. The Bertz CT molecular complexity index is 227. The van der Waals surface area contributed by atoms with E-state index in [4.69, 9.17) is 9.47 Å². The molecule has 1 heterocycles. The third-order valence-electron chi connectivity index (χ3n) is 3.57. The van der Waals surface area contributed by atoms with Crippen LogP contribution in [-0.2, 0) is 14.3 Å². The van der Waals surface area contributed by atoms with Crippen molar-refractivity contribution < 1.29 is 14.3 Å². The number of carbonyl (C=O) groups is 1. The summed E-state index contributed by atoms with van der Waals surface area (Å²) in [5, 5.41) is 0. The summed E-state index contributed by atoms with van der Waals surface area (Å²) < 4.78 is 10.3. The Morgan fingerprint density at radius 1 is 1.47 bits per heavy atom. The molecule has 1 saturated heterocycles. The Morgan fingerprint density at radius 3 is 2.67 bits per heavy atom. The topological polar surface area (TPSA) is 38.8 Å². The van der Waals surface area contributed by atoms with Gasteiger partial charge in [-0.2, -0.15) is 0 Å². The second-order valence-corrected chi connectivity index (χ2v) is 4.69. The number of ether oxygens (including phenoxy) is 2. The summed E-state index contributed by atoms with van der Waals surface area (Å²) in [5.41, 5.74) is -0.543. The first-order valence-electron chi connectivity index (χ1n) is 6.08. The molecule has 0 aromatic rings. The second kappa shape index (κ2) is 4.52. The molecule has 3 heteroatoms. The molecular formula is C12H20O3. The second-order valence-electron chi connectivity index (χ2n) is 4.69. The van der Waals surface area contributed by atoms with E-state index in [-0.39, 0.29) is 5.97 Å². The number of rotatable bonds is 5. The molecule has 86 valence electrons. The van der Waals surface area contributed by atoms with Crippen molar-refractivity contribution in [1.29, 1.82) is 0 Å². The molecule has 15 heavy (non-hydrogen) atoms. The Balaban J connectivity index is 1.75. The highest BCUT2D eigenvalue weighted by molar-refractivity contribution is 5.82. The zero-order chi connectivity index (χ0) is 10.7. The van der Waals surface area contributed by atoms with Crippen LogP contribution in [0.3, 0.4) is 0 Å². The lowest BCUT2D eigenvalue weighted by Gasteiger charge is -2.13. The molecule has 0 spiro atoms. The fraction of sp³-hybridized carbons (Fsp3) is 0.917. The van der Waals surface area contributed by atoms with E-state index in [0.717, 1.165) is 18.8 Å². The van der Waals surface area contributed by atoms with Crippen molar-refractivity contribution >= 4 is 5.97 Å². The predicted molar refractivity (Wildman–Crippen MR) is 56.5 cm³/mol. The molecule has 0 N–H and O–H groups in total. The van der Waals surface area contributed by atoms with Crippen molar-refractivity contribution in [1.82, 2.24) is 0 Å². The van der Waals surface area contributed by atoms with Gasteiger partial charge in [0.15, 0.2) is 5.60 Å². The molecule has 1 aliphatic heterocycles. The molecule has 1 aliphatic carbocycles. The van der Waals surface area contributed by atoms with Gasteiger partial charge in [0.1, 0.15) is 0 Å². The zero-order valence-corrected chi connectivity index (χ0v) is 9.46. The summed E-state index contributed by atoms with van der Waals surface area (Å²) in [4.78, 5) is 11.6. The van der Waals surface area contributed by atoms with Gasteiger partial charge in [-0.05, 0) is 25.7 Å². The minimum absolute atomic E-state index is 0.150. The molecule has 2 aliphatic rings. The summed E-state index contributed by atoms with van der Waals surface area (Å²) in [7, 11) is 0. The van der Waals surface area contributed by atoms with Crippen LogP contribution in [0.1, 0.15) is 45.4 Å². The largest absolute Gasteiger partial charge is 0.464 e. The highest BCUT2D eigenvalue weighted by Crippen LogP contribution is 2.38. The number of hydrogen-bond acceptors (Lipinski definition) is 3. The number of epoxide rings is 1. The summed E-state index contributed by atoms with van der Waals surface area (Å²) in [6, 6.07) is 0. The summed E-state index contributed by atoms with van der Waals surface area (Å²) in [5.74, 6) is 0.670. The lowest BCUT2D eigenvalue weighted by atomic mass is 9.95. The van der Waals surface area contributed by atoms with Crippen LogP contribution in [0.15, 0.2) is 0 Å². The number of hydrogen-bond donors (Lipinski definition) is 0. The van der Waals surface area contributed by atoms with E-state index < -0.39 is 5.60 Å². The lowest BCUT2D eigenvalue weighted by molar-refractivity contribution is -0.149. The van der Waals surface area contributed by atoms with Gasteiger partial charge in [-0.3, -0.25) is 0 Å². The molecule has 0 amide bonds. The maximum atomic E-state index is 11.6. The first-order chi connectivity index (χ1) is 7.27. The average molecular weight is 212 g/mol. The predicted octanol–water partition coefficient (Wildman–Crippen LogP) is 2.29. The van der Waals surface area contributed by atoms with Crippen LogP contribution in [0.2, 0.25) is 0 Å². The highest BCUT2D eigenvalue weighted by Gasteiger charge is 2.53. The maximum absolute atomic E-state index is 11.6. The Kier molecular flexibility index (Phi) is 3.29. The van der Waals surface area contributed by atoms with E-state index in [1.807, 2.05) is 6.92 Å². The summed E-state index contributed by atoms with van der Waals surface area (Å²) in [6.45, 7) is 2.86. The molecule has 3 nitrogen and oxygen atoms in total. The van der Waals surface area contributed by atoms with Crippen LogP contribution in [0, 0.1) is 5.92 Å². The van der Waals surface area contributed by atoms with E-state index in [0.29, 0.717) is 13.2 Å². The number of esters is 1. The lowest BCUT2D eigenvalue weighted by Crippen LogP contribution is -2.27. The van der Waals surface area contributed by atoms with Crippen molar-refractivity contribution in [3.8, 4) is 0 Å². The molecule has 0 aromatic heterocycles. The Morgan fingerprint density at radius 2 is 2.13 bits per heavy atom. The third kappa shape index (κ3) is 2.51. The molecule has 0 bridgehead atoms. The van der Waals surface area contributed by atoms with Gasteiger partial charge < -0.3 is 9.47 Å². The molecule has 2 fully saturated rings. The average Bonchev–Trinajstić information content (AvgIpc) is 2.85. The van der Waals surface area contributed by atoms with Gasteiger partial charge in [0.05, 0.1) is 13.2 Å². The van der Waals surface area contributed by atoms with E-state index in [1.54, 1.807) is 0 Å².